The van der Waals surface area contributed by atoms with Gasteiger partial charge in [0, 0.05) is 12.1 Å². The molecule has 240 valence electrons. The van der Waals surface area contributed by atoms with Gasteiger partial charge in [0.1, 0.15) is 28.5 Å². The molecule has 6 rings (SSSR count). The van der Waals surface area contributed by atoms with Crippen LogP contribution in [0.3, 0.4) is 0 Å². The number of hydrogen-bond donors (Lipinski definition) is 2. The van der Waals surface area contributed by atoms with Gasteiger partial charge in [-0.1, -0.05) is 18.2 Å². The monoisotopic (exact) mass is 636 g/mol. The lowest BCUT2D eigenvalue weighted by atomic mass is 10.0. The van der Waals surface area contributed by atoms with Crippen LogP contribution in [0.2, 0.25) is 0 Å². The third-order valence-corrected chi connectivity index (χ3v) is 10.7. The fourth-order valence-corrected chi connectivity index (χ4v) is 8.45. The average Bonchev–Trinajstić information content (AvgIpc) is 3.79. The van der Waals surface area contributed by atoms with E-state index in [0.717, 1.165) is 35.8 Å². The van der Waals surface area contributed by atoms with Gasteiger partial charge in [-0.3, -0.25) is 14.2 Å². The van der Waals surface area contributed by atoms with E-state index >= 15 is 0 Å². The Morgan fingerprint density at radius 1 is 1.20 bits per heavy atom. The van der Waals surface area contributed by atoms with Gasteiger partial charge in [0.2, 0.25) is 11.8 Å². The second kappa shape index (κ2) is 12.2. The molecule has 0 aliphatic heterocycles. The quantitative estimate of drug-likeness (QED) is 0.262. The van der Waals surface area contributed by atoms with Crippen LogP contribution < -0.4 is 21.3 Å². The van der Waals surface area contributed by atoms with E-state index in [1.165, 1.54) is 23.8 Å². The summed E-state index contributed by atoms with van der Waals surface area (Å²) < 4.78 is 20.8. The fourth-order valence-electron chi connectivity index (χ4n) is 7.20. The second-order valence-corrected chi connectivity index (χ2v) is 13.6. The molecular formula is C33H40N4O7S. The summed E-state index contributed by atoms with van der Waals surface area (Å²) in [6.45, 7) is 7.17. The fraction of sp³-hybridized carbons (Fsp3) is 0.515. The molecule has 3 unspecified atom stereocenters. The van der Waals surface area contributed by atoms with E-state index in [0.29, 0.717) is 50.7 Å². The highest BCUT2D eigenvalue weighted by Crippen LogP contribution is 2.47. The van der Waals surface area contributed by atoms with Crippen molar-refractivity contribution in [2.75, 3.05) is 13.7 Å². The Labute approximate surface area is 264 Å². The highest BCUT2D eigenvalue weighted by molar-refractivity contribution is 7.22. The molecule has 3 atom stereocenters. The van der Waals surface area contributed by atoms with Crippen molar-refractivity contribution in [3.05, 3.63) is 68.7 Å². The lowest BCUT2D eigenvalue weighted by molar-refractivity contribution is -0.128. The Balaban J connectivity index is 1.53. The molecule has 2 aliphatic carbocycles. The minimum Gasteiger partial charge on any atom is -0.496 e. The summed E-state index contributed by atoms with van der Waals surface area (Å²) in [5.74, 6) is 1.34. The van der Waals surface area contributed by atoms with E-state index in [2.05, 4.69) is 10.3 Å². The summed E-state index contributed by atoms with van der Waals surface area (Å²) in [5, 5.41) is 13.3. The minimum absolute atomic E-state index is 0.0702. The molecule has 1 aromatic carbocycles. The van der Waals surface area contributed by atoms with Crippen LogP contribution in [0.5, 0.6) is 5.75 Å². The number of oxazole rings is 1. The first-order valence-electron chi connectivity index (χ1n) is 15.5. The Morgan fingerprint density at radius 2 is 1.91 bits per heavy atom. The lowest BCUT2D eigenvalue weighted by Crippen LogP contribution is -2.55. The molecule has 2 fully saturated rings. The van der Waals surface area contributed by atoms with Gasteiger partial charge < -0.3 is 24.3 Å². The summed E-state index contributed by atoms with van der Waals surface area (Å²) in [5.41, 5.74) is -1.25. The number of aliphatic hydroxyl groups excluding tert-OH is 1. The zero-order valence-electron chi connectivity index (χ0n) is 26.2. The number of aromatic nitrogens is 3. The van der Waals surface area contributed by atoms with Crippen molar-refractivity contribution in [3.8, 4) is 16.5 Å². The van der Waals surface area contributed by atoms with Crippen LogP contribution in [0.15, 0.2) is 50.7 Å². The van der Waals surface area contributed by atoms with Gasteiger partial charge in [-0.05, 0) is 76.8 Å². The van der Waals surface area contributed by atoms with Crippen LogP contribution in [0.4, 0.5) is 0 Å². The van der Waals surface area contributed by atoms with Gasteiger partial charge in [-0.25, -0.2) is 14.3 Å². The zero-order chi connectivity index (χ0) is 32.0. The Hall–Kier alpha value is -3.74. The number of fused-ring (bicyclic) bond motifs is 2. The third-order valence-electron chi connectivity index (χ3n) is 9.43. The van der Waals surface area contributed by atoms with E-state index in [9.17, 15) is 19.5 Å². The standard InChI is InChI=1S/C33H40N4O7S/c1-6-34-31(40)33(3,4)37-29(39)26-18(2)27(28-35-11-12-43-28)45-30(26)36(32(37)41)17-25(23-9-7-8-10-24(23)42-5)44-22-15-19-13-21(38)14-20(19)16-22/h7-12,19-22,25,38H,6,13-17H2,1-5H3,(H,34,40). The van der Waals surface area contributed by atoms with Crippen LogP contribution in [0.25, 0.3) is 21.0 Å². The number of aryl methyl sites for hydroxylation is 1. The molecule has 2 N–H and O–H groups in total. The number of hydrogen-bond acceptors (Lipinski definition) is 9. The summed E-state index contributed by atoms with van der Waals surface area (Å²) in [4.78, 5) is 47.4. The van der Waals surface area contributed by atoms with Crippen LogP contribution in [0.1, 0.15) is 63.7 Å². The van der Waals surface area contributed by atoms with Crippen LogP contribution in [-0.2, 0) is 21.6 Å². The molecular weight excluding hydrogens is 596 g/mol. The van der Waals surface area contributed by atoms with Crippen LogP contribution in [-0.4, -0.2) is 51.0 Å². The topological polar surface area (TPSA) is 138 Å². The first-order chi connectivity index (χ1) is 21.5. The van der Waals surface area contributed by atoms with E-state index in [1.807, 2.05) is 24.3 Å². The molecule has 12 heteroatoms. The first-order valence-corrected chi connectivity index (χ1v) is 16.3. The number of nitrogens with one attached hydrogen (secondary N) is 1. The maximum absolute atomic E-state index is 14.5. The van der Waals surface area contributed by atoms with E-state index in [-0.39, 0.29) is 18.8 Å². The van der Waals surface area contributed by atoms with Gasteiger partial charge in [0.25, 0.3) is 5.56 Å². The number of carbonyl (C=O) groups excluding carboxylic acids is 1. The SMILES string of the molecule is CCNC(=O)C(C)(C)n1c(=O)c2c(C)c(-c3ncco3)sc2n(CC(OC2CC3CC(O)CC3C2)c2ccccc2OC)c1=O. The maximum atomic E-state index is 14.5. The van der Waals surface area contributed by atoms with Gasteiger partial charge in [0.15, 0.2) is 0 Å². The van der Waals surface area contributed by atoms with Crippen LogP contribution >= 0.6 is 11.3 Å². The van der Waals surface area contributed by atoms with Gasteiger partial charge >= 0.3 is 5.69 Å². The number of nitrogens with zero attached hydrogens (tertiary/aromatic N) is 3. The number of methoxy groups -OCH3 is 1. The van der Waals surface area contributed by atoms with E-state index in [1.54, 1.807) is 39.4 Å². The summed E-state index contributed by atoms with van der Waals surface area (Å²) in [6.07, 6.45) is 5.27. The largest absolute Gasteiger partial charge is 0.496 e. The molecule has 0 radical (unpaired) electrons. The number of amides is 1. The lowest BCUT2D eigenvalue weighted by Gasteiger charge is -2.29. The van der Waals surface area contributed by atoms with E-state index in [4.69, 9.17) is 13.9 Å². The molecule has 0 spiro atoms. The number of benzene rings is 1. The number of aliphatic hydroxyl groups is 1. The molecule has 11 nitrogen and oxygen atoms in total. The predicted octanol–water partition coefficient (Wildman–Crippen LogP) is 4.38. The normalized spacial score (nSPS) is 22.1. The van der Waals surface area contributed by atoms with Crippen LogP contribution in [0, 0.1) is 18.8 Å². The minimum atomic E-state index is -1.48. The summed E-state index contributed by atoms with van der Waals surface area (Å²) >= 11 is 1.26. The molecule has 0 saturated heterocycles. The highest BCUT2D eigenvalue weighted by Gasteiger charge is 2.43. The third kappa shape index (κ3) is 5.53. The van der Waals surface area contributed by atoms with Gasteiger partial charge in [-0.2, -0.15) is 0 Å². The number of carbonyl (C=O) groups is 1. The van der Waals surface area contributed by atoms with Crippen molar-refractivity contribution < 1.29 is 23.8 Å². The number of thiophene rings is 1. The van der Waals surface area contributed by atoms with Crippen molar-refractivity contribution in [2.24, 2.45) is 11.8 Å². The number of likely N-dealkylation sites (N-methyl/N-ethyl adjacent to an activating group) is 1. The van der Waals surface area contributed by atoms with Crippen molar-refractivity contribution >= 4 is 27.5 Å². The predicted molar refractivity (Wildman–Crippen MR) is 171 cm³/mol. The maximum Gasteiger partial charge on any atom is 0.333 e. The van der Waals surface area contributed by atoms with Crippen molar-refractivity contribution in [1.82, 2.24) is 19.4 Å². The number of para-hydroxylation sites is 1. The molecule has 4 aromatic rings. The Bertz CT molecular complexity index is 1810. The van der Waals surface area contributed by atoms with Crippen molar-refractivity contribution in [1.29, 1.82) is 0 Å². The average molecular weight is 637 g/mol. The van der Waals surface area contributed by atoms with Gasteiger partial charge in [0.05, 0.1) is 42.3 Å². The smallest absolute Gasteiger partial charge is 0.333 e. The molecule has 1 amide bonds. The molecule has 3 heterocycles. The van der Waals surface area contributed by atoms with E-state index < -0.39 is 28.8 Å². The Morgan fingerprint density at radius 3 is 2.56 bits per heavy atom. The number of rotatable bonds is 10. The molecule has 3 aromatic heterocycles. The molecule has 0 bridgehead atoms. The van der Waals surface area contributed by atoms with Crippen molar-refractivity contribution in [2.45, 2.75) is 83.8 Å². The van der Waals surface area contributed by atoms with Crippen molar-refractivity contribution in [3.63, 3.8) is 0 Å². The second-order valence-electron chi connectivity index (χ2n) is 12.6. The first kappa shape index (κ1) is 31.3. The zero-order valence-corrected chi connectivity index (χ0v) is 27.1. The number of ether oxygens (including phenoxy) is 2. The molecule has 45 heavy (non-hydrogen) atoms. The molecule has 2 saturated carbocycles. The summed E-state index contributed by atoms with van der Waals surface area (Å²) in [6, 6.07) is 7.57. The Kier molecular flexibility index (Phi) is 8.49. The molecule has 2 aliphatic rings. The highest BCUT2D eigenvalue weighted by atomic mass is 32.1. The van der Waals surface area contributed by atoms with Gasteiger partial charge in [-0.15, -0.1) is 11.3 Å². The summed E-state index contributed by atoms with van der Waals surface area (Å²) in [7, 11) is 1.60.